The molecule has 1 heterocycles. The van der Waals surface area contributed by atoms with Gasteiger partial charge in [-0.05, 0) is 31.0 Å². The molecule has 2 aromatic rings. The highest BCUT2D eigenvalue weighted by Gasteiger charge is 2.20. The zero-order chi connectivity index (χ0) is 15.2. The molecule has 0 saturated heterocycles. The van der Waals surface area contributed by atoms with E-state index in [1.54, 1.807) is 11.6 Å². The van der Waals surface area contributed by atoms with E-state index >= 15 is 0 Å². The zero-order valence-electron chi connectivity index (χ0n) is 12.2. The van der Waals surface area contributed by atoms with Crippen molar-refractivity contribution in [3.63, 3.8) is 0 Å². The van der Waals surface area contributed by atoms with Crippen LogP contribution in [-0.4, -0.2) is 27.6 Å². The second-order valence-corrected chi connectivity index (χ2v) is 5.08. The highest BCUT2D eigenvalue weighted by Crippen LogP contribution is 2.14. The van der Waals surface area contributed by atoms with Gasteiger partial charge in [0.2, 0.25) is 0 Å². The maximum Gasteiger partial charge on any atom is 0.360 e. The van der Waals surface area contributed by atoms with Gasteiger partial charge in [0.05, 0.1) is 18.8 Å². The number of halogens is 1. The quantitative estimate of drug-likeness (QED) is 0.769. The lowest BCUT2D eigenvalue weighted by Gasteiger charge is -2.07. The number of aromatic nitrogens is 3. The number of hydrogen-bond acceptors (Lipinski definition) is 4. The van der Waals surface area contributed by atoms with Crippen molar-refractivity contribution < 1.29 is 9.53 Å². The van der Waals surface area contributed by atoms with Gasteiger partial charge in [-0.3, -0.25) is 0 Å². The second-order valence-electron chi connectivity index (χ2n) is 4.64. The monoisotopic (exact) mass is 307 g/mol. The van der Waals surface area contributed by atoms with E-state index in [1.807, 2.05) is 24.3 Å². The molecule has 0 saturated carbocycles. The van der Waals surface area contributed by atoms with Crippen LogP contribution in [0, 0.1) is 0 Å². The molecule has 0 atom stereocenters. The second kappa shape index (κ2) is 7.22. The first kappa shape index (κ1) is 15.5. The van der Waals surface area contributed by atoms with Gasteiger partial charge in [-0.15, -0.1) is 5.10 Å². The zero-order valence-corrected chi connectivity index (χ0v) is 12.9. The first-order chi connectivity index (χ1) is 10.2. The van der Waals surface area contributed by atoms with Gasteiger partial charge in [0, 0.05) is 5.02 Å². The van der Waals surface area contributed by atoms with Crippen LogP contribution >= 0.6 is 11.6 Å². The van der Waals surface area contributed by atoms with Gasteiger partial charge >= 0.3 is 5.97 Å². The number of rotatable bonds is 6. The van der Waals surface area contributed by atoms with E-state index in [4.69, 9.17) is 16.3 Å². The van der Waals surface area contributed by atoms with E-state index in [-0.39, 0.29) is 0 Å². The summed E-state index contributed by atoms with van der Waals surface area (Å²) in [5.74, 6) is -0.414. The maximum atomic E-state index is 11.9. The maximum absolute atomic E-state index is 11.9. The molecule has 0 amide bonds. The van der Waals surface area contributed by atoms with Gasteiger partial charge in [0.15, 0.2) is 5.69 Å². The Morgan fingerprint density at radius 2 is 2.00 bits per heavy atom. The van der Waals surface area contributed by atoms with Crippen molar-refractivity contribution in [1.29, 1.82) is 0 Å². The average molecular weight is 308 g/mol. The predicted molar refractivity (Wildman–Crippen MR) is 80.5 cm³/mol. The molecule has 0 unspecified atom stereocenters. The number of hydrogen-bond donors (Lipinski definition) is 0. The lowest BCUT2D eigenvalue weighted by molar-refractivity contribution is 0.0518. The summed E-state index contributed by atoms with van der Waals surface area (Å²) in [6, 6.07) is 7.53. The Hall–Kier alpha value is -1.88. The molecule has 0 bridgehead atoms. The van der Waals surface area contributed by atoms with E-state index in [9.17, 15) is 4.79 Å². The molecule has 2 rings (SSSR count). The fraction of sp³-hybridized carbons (Fsp3) is 0.400. The number of carbonyl (C=O) groups is 1. The van der Waals surface area contributed by atoms with E-state index in [0.717, 1.165) is 24.1 Å². The van der Waals surface area contributed by atoms with Gasteiger partial charge in [-0.2, -0.15) is 0 Å². The van der Waals surface area contributed by atoms with Crippen molar-refractivity contribution in [3.05, 3.63) is 46.2 Å². The molecule has 21 heavy (non-hydrogen) atoms. The number of ether oxygens (including phenoxy) is 1. The molecule has 0 fully saturated rings. The van der Waals surface area contributed by atoms with Crippen molar-refractivity contribution in [3.8, 4) is 0 Å². The summed E-state index contributed by atoms with van der Waals surface area (Å²) in [5, 5.41) is 8.76. The minimum atomic E-state index is -0.414. The van der Waals surface area contributed by atoms with Gasteiger partial charge in [0.25, 0.3) is 0 Å². The van der Waals surface area contributed by atoms with Crippen LogP contribution in [-0.2, 0) is 17.7 Å². The van der Waals surface area contributed by atoms with Crippen LogP contribution in [0.25, 0.3) is 0 Å². The molecule has 1 aromatic heterocycles. The van der Waals surface area contributed by atoms with Crippen LogP contribution in [0.1, 0.15) is 42.0 Å². The molecule has 112 valence electrons. The van der Waals surface area contributed by atoms with E-state index < -0.39 is 5.97 Å². The van der Waals surface area contributed by atoms with Crippen molar-refractivity contribution in [2.24, 2.45) is 0 Å². The van der Waals surface area contributed by atoms with Crippen molar-refractivity contribution in [2.45, 2.75) is 33.2 Å². The lowest BCUT2D eigenvalue weighted by atomic mass is 10.2. The smallest absolute Gasteiger partial charge is 0.360 e. The van der Waals surface area contributed by atoms with Gasteiger partial charge < -0.3 is 4.74 Å². The Morgan fingerprint density at radius 3 is 2.62 bits per heavy atom. The molecule has 0 aliphatic rings. The van der Waals surface area contributed by atoms with Crippen LogP contribution in [0.4, 0.5) is 0 Å². The van der Waals surface area contributed by atoms with Crippen molar-refractivity contribution >= 4 is 17.6 Å². The normalized spacial score (nSPS) is 10.6. The fourth-order valence-corrected chi connectivity index (χ4v) is 2.19. The minimum absolute atomic E-state index is 0.313. The summed E-state index contributed by atoms with van der Waals surface area (Å²) in [4.78, 5) is 11.9. The predicted octanol–water partition coefficient (Wildman–Crippen LogP) is 3.11. The van der Waals surface area contributed by atoms with Gasteiger partial charge in [-0.1, -0.05) is 42.3 Å². The number of benzene rings is 1. The standard InChI is InChI=1S/C15H18ClN3O2/c1-3-5-13-14(15(20)21-4-2)17-18-19(13)10-11-6-8-12(16)9-7-11/h6-9H,3-5,10H2,1-2H3. The highest BCUT2D eigenvalue weighted by atomic mass is 35.5. The summed E-state index contributed by atoms with van der Waals surface area (Å²) in [5.41, 5.74) is 2.18. The largest absolute Gasteiger partial charge is 0.461 e. The molecule has 0 aliphatic heterocycles. The first-order valence-electron chi connectivity index (χ1n) is 6.99. The minimum Gasteiger partial charge on any atom is -0.461 e. The van der Waals surface area contributed by atoms with Crippen LogP contribution < -0.4 is 0 Å². The van der Waals surface area contributed by atoms with Gasteiger partial charge in [0.1, 0.15) is 0 Å². The van der Waals surface area contributed by atoms with Gasteiger partial charge in [-0.25, -0.2) is 9.48 Å². The topological polar surface area (TPSA) is 57.0 Å². The summed E-state index contributed by atoms with van der Waals surface area (Å²) >= 11 is 5.88. The summed E-state index contributed by atoms with van der Waals surface area (Å²) in [6.07, 6.45) is 1.63. The lowest BCUT2D eigenvalue weighted by Crippen LogP contribution is -2.11. The molecule has 5 nitrogen and oxygen atoms in total. The average Bonchev–Trinajstić information content (AvgIpc) is 2.85. The summed E-state index contributed by atoms with van der Waals surface area (Å²) in [7, 11) is 0. The van der Waals surface area contributed by atoms with Crippen molar-refractivity contribution in [1.82, 2.24) is 15.0 Å². The first-order valence-corrected chi connectivity index (χ1v) is 7.37. The third kappa shape index (κ3) is 3.82. The van der Waals surface area contributed by atoms with Crippen LogP contribution in [0.2, 0.25) is 5.02 Å². The summed E-state index contributed by atoms with van der Waals surface area (Å²) < 4.78 is 6.77. The number of carbonyl (C=O) groups excluding carboxylic acids is 1. The van der Waals surface area contributed by atoms with E-state index in [1.165, 1.54) is 0 Å². The van der Waals surface area contributed by atoms with E-state index in [0.29, 0.717) is 23.9 Å². The summed E-state index contributed by atoms with van der Waals surface area (Å²) in [6.45, 7) is 4.71. The SMILES string of the molecule is CCCc1c(C(=O)OCC)nnn1Cc1ccc(Cl)cc1. The fourth-order valence-electron chi connectivity index (χ4n) is 2.06. The van der Waals surface area contributed by atoms with Crippen LogP contribution in [0.15, 0.2) is 24.3 Å². The molecule has 6 heteroatoms. The van der Waals surface area contributed by atoms with Crippen molar-refractivity contribution in [2.75, 3.05) is 6.61 Å². The highest BCUT2D eigenvalue weighted by molar-refractivity contribution is 6.30. The third-order valence-electron chi connectivity index (χ3n) is 3.04. The molecule has 1 aromatic carbocycles. The molecular weight excluding hydrogens is 290 g/mol. The Kier molecular flexibility index (Phi) is 5.33. The van der Waals surface area contributed by atoms with Crippen LogP contribution in [0.3, 0.4) is 0 Å². The Balaban J connectivity index is 2.26. The Bertz CT molecular complexity index is 608. The molecule has 0 aliphatic carbocycles. The Labute approximate surface area is 128 Å². The molecule has 0 spiro atoms. The number of esters is 1. The molecule has 0 N–H and O–H groups in total. The van der Waals surface area contributed by atoms with Crippen LogP contribution in [0.5, 0.6) is 0 Å². The Morgan fingerprint density at radius 1 is 1.29 bits per heavy atom. The molecular formula is C15H18ClN3O2. The van der Waals surface area contributed by atoms with E-state index in [2.05, 4.69) is 17.2 Å². The third-order valence-corrected chi connectivity index (χ3v) is 3.29. The number of nitrogens with zero attached hydrogens (tertiary/aromatic N) is 3. The molecule has 0 radical (unpaired) electrons.